The fraction of sp³-hybridized carbons (Fsp3) is 1.00. The second kappa shape index (κ2) is 5.61. The number of hydrogen-bond acceptors (Lipinski definition) is 2. The molecule has 2 unspecified atom stereocenters. The summed E-state index contributed by atoms with van der Waals surface area (Å²) in [5, 5.41) is 3.54. The Balaban J connectivity index is 0.000000396. The van der Waals surface area contributed by atoms with Crippen LogP contribution >= 0.6 is 0 Å². The fourth-order valence-corrected chi connectivity index (χ4v) is 2.17. The SMILES string of the molecule is CC.CCCCN1CC2CC(C1)N2. The van der Waals surface area contributed by atoms with E-state index in [4.69, 9.17) is 0 Å². The molecule has 3 saturated heterocycles. The molecular formula is C11H24N2. The lowest BCUT2D eigenvalue weighted by atomic mass is 9.91. The Hall–Kier alpha value is -0.0800. The highest BCUT2D eigenvalue weighted by Gasteiger charge is 2.35. The van der Waals surface area contributed by atoms with E-state index in [-0.39, 0.29) is 0 Å². The number of rotatable bonds is 3. The normalized spacial score (nSPS) is 31.6. The molecule has 2 atom stereocenters. The smallest absolute Gasteiger partial charge is 0.0213 e. The number of unbranched alkanes of at least 4 members (excludes halogenated alkanes) is 1. The van der Waals surface area contributed by atoms with E-state index in [2.05, 4.69) is 17.1 Å². The van der Waals surface area contributed by atoms with Crippen LogP contribution in [-0.2, 0) is 0 Å². The van der Waals surface area contributed by atoms with E-state index in [0.29, 0.717) is 0 Å². The molecule has 78 valence electrons. The van der Waals surface area contributed by atoms with Gasteiger partial charge < -0.3 is 10.2 Å². The van der Waals surface area contributed by atoms with Crippen LogP contribution in [0.1, 0.15) is 40.0 Å². The van der Waals surface area contributed by atoms with Crippen LogP contribution in [0, 0.1) is 0 Å². The van der Waals surface area contributed by atoms with Crippen LogP contribution in [0.25, 0.3) is 0 Å². The molecule has 0 aromatic carbocycles. The van der Waals surface area contributed by atoms with Crippen LogP contribution in [0.15, 0.2) is 0 Å². The zero-order valence-electron chi connectivity index (χ0n) is 9.34. The maximum absolute atomic E-state index is 3.54. The summed E-state index contributed by atoms with van der Waals surface area (Å²) in [6.45, 7) is 10.2. The first kappa shape index (κ1) is 11.0. The third-order valence-corrected chi connectivity index (χ3v) is 2.83. The van der Waals surface area contributed by atoms with E-state index in [1.165, 1.54) is 38.9 Å². The van der Waals surface area contributed by atoms with Crippen LogP contribution in [0.5, 0.6) is 0 Å². The van der Waals surface area contributed by atoms with E-state index >= 15 is 0 Å². The van der Waals surface area contributed by atoms with Crippen molar-refractivity contribution in [3.8, 4) is 0 Å². The van der Waals surface area contributed by atoms with Gasteiger partial charge in [0.05, 0.1) is 0 Å². The lowest BCUT2D eigenvalue weighted by Crippen LogP contribution is -2.66. The Bertz CT molecular complexity index is 120. The summed E-state index contributed by atoms with van der Waals surface area (Å²) >= 11 is 0. The number of piperazine rings is 1. The van der Waals surface area contributed by atoms with Crippen molar-refractivity contribution in [2.24, 2.45) is 0 Å². The number of piperidine rings is 1. The van der Waals surface area contributed by atoms with Crippen molar-refractivity contribution >= 4 is 0 Å². The van der Waals surface area contributed by atoms with Crippen LogP contribution in [-0.4, -0.2) is 36.6 Å². The van der Waals surface area contributed by atoms with Gasteiger partial charge in [-0.3, -0.25) is 0 Å². The molecule has 1 N–H and O–H groups in total. The molecule has 2 nitrogen and oxygen atoms in total. The number of nitrogens with zero attached hydrogens (tertiary/aromatic N) is 1. The van der Waals surface area contributed by atoms with Crippen molar-refractivity contribution in [3.63, 3.8) is 0 Å². The van der Waals surface area contributed by atoms with Gasteiger partial charge in [-0.25, -0.2) is 0 Å². The summed E-state index contributed by atoms with van der Waals surface area (Å²) in [5.74, 6) is 0. The van der Waals surface area contributed by atoms with Gasteiger partial charge in [0.15, 0.2) is 0 Å². The quantitative estimate of drug-likeness (QED) is 0.720. The molecule has 0 aromatic heterocycles. The first-order valence-electron chi connectivity index (χ1n) is 5.87. The van der Waals surface area contributed by atoms with Crippen molar-refractivity contribution in [1.82, 2.24) is 10.2 Å². The van der Waals surface area contributed by atoms with Gasteiger partial charge in [-0.05, 0) is 19.4 Å². The topological polar surface area (TPSA) is 15.3 Å². The van der Waals surface area contributed by atoms with Gasteiger partial charge in [-0.2, -0.15) is 0 Å². The highest BCUT2D eigenvalue weighted by molar-refractivity contribution is 4.97. The molecule has 13 heavy (non-hydrogen) atoms. The summed E-state index contributed by atoms with van der Waals surface area (Å²) in [6.07, 6.45) is 4.14. The lowest BCUT2D eigenvalue weighted by molar-refractivity contribution is 0.0771. The predicted octanol–water partition coefficient (Wildman–Crippen LogP) is 1.86. The molecule has 3 aliphatic rings. The molecule has 2 heteroatoms. The molecule has 0 saturated carbocycles. The zero-order chi connectivity index (χ0) is 9.68. The van der Waals surface area contributed by atoms with E-state index < -0.39 is 0 Å². The van der Waals surface area contributed by atoms with Gasteiger partial charge in [0.2, 0.25) is 0 Å². The second-order valence-corrected chi connectivity index (χ2v) is 3.91. The fourth-order valence-electron chi connectivity index (χ4n) is 2.17. The minimum atomic E-state index is 0.839. The minimum Gasteiger partial charge on any atom is -0.309 e. The number of fused-ring (bicyclic) bond motifs is 2. The average molecular weight is 184 g/mol. The predicted molar refractivity (Wildman–Crippen MR) is 58.0 cm³/mol. The maximum Gasteiger partial charge on any atom is 0.0213 e. The van der Waals surface area contributed by atoms with E-state index in [0.717, 1.165) is 12.1 Å². The van der Waals surface area contributed by atoms with Crippen molar-refractivity contribution in [2.75, 3.05) is 19.6 Å². The van der Waals surface area contributed by atoms with Gasteiger partial charge in [0.1, 0.15) is 0 Å². The van der Waals surface area contributed by atoms with Gasteiger partial charge in [-0.15, -0.1) is 0 Å². The van der Waals surface area contributed by atoms with Gasteiger partial charge in [-0.1, -0.05) is 27.2 Å². The highest BCUT2D eigenvalue weighted by Crippen LogP contribution is 2.20. The number of hydrogen-bond donors (Lipinski definition) is 1. The lowest BCUT2D eigenvalue weighted by Gasteiger charge is -2.48. The summed E-state index contributed by atoms with van der Waals surface area (Å²) in [6, 6.07) is 1.68. The molecule has 0 radical (unpaired) electrons. The van der Waals surface area contributed by atoms with Crippen molar-refractivity contribution in [2.45, 2.75) is 52.1 Å². The Morgan fingerprint density at radius 1 is 1.23 bits per heavy atom. The number of nitrogens with one attached hydrogen (secondary N) is 1. The van der Waals surface area contributed by atoms with Crippen LogP contribution < -0.4 is 5.32 Å². The maximum atomic E-state index is 3.54. The van der Waals surface area contributed by atoms with Crippen LogP contribution in [0.4, 0.5) is 0 Å². The summed E-state index contributed by atoms with van der Waals surface area (Å²) in [5.41, 5.74) is 0. The van der Waals surface area contributed by atoms with E-state index in [1.807, 2.05) is 13.8 Å². The first-order valence-corrected chi connectivity index (χ1v) is 5.87. The average Bonchev–Trinajstić information content (AvgIpc) is 2.17. The van der Waals surface area contributed by atoms with Crippen LogP contribution in [0.2, 0.25) is 0 Å². The highest BCUT2D eigenvalue weighted by atomic mass is 15.3. The van der Waals surface area contributed by atoms with Crippen molar-refractivity contribution in [3.05, 3.63) is 0 Å². The summed E-state index contributed by atoms with van der Waals surface area (Å²) < 4.78 is 0. The standard InChI is InChI=1S/C9H18N2.C2H6/c1-2-3-4-11-6-8-5-9(7-11)10-8;1-2/h8-10H,2-7H2,1H3;1-2H3. The third kappa shape index (κ3) is 2.96. The second-order valence-electron chi connectivity index (χ2n) is 3.91. The van der Waals surface area contributed by atoms with E-state index in [1.54, 1.807) is 0 Å². The van der Waals surface area contributed by atoms with Crippen LogP contribution in [0.3, 0.4) is 0 Å². The minimum absolute atomic E-state index is 0.839. The zero-order valence-corrected chi connectivity index (χ0v) is 9.34. The van der Waals surface area contributed by atoms with E-state index in [9.17, 15) is 0 Å². The molecule has 3 aliphatic heterocycles. The third-order valence-electron chi connectivity index (χ3n) is 2.83. The molecule has 3 rings (SSSR count). The molecule has 3 heterocycles. The van der Waals surface area contributed by atoms with Gasteiger partial charge >= 0.3 is 0 Å². The van der Waals surface area contributed by atoms with Gasteiger partial charge in [0, 0.05) is 25.2 Å². The summed E-state index contributed by atoms with van der Waals surface area (Å²) in [7, 11) is 0. The summed E-state index contributed by atoms with van der Waals surface area (Å²) in [4.78, 5) is 2.61. The molecule has 0 spiro atoms. The van der Waals surface area contributed by atoms with Crippen molar-refractivity contribution < 1.29 is 0 Å². The first-order chi connectivity index (χ1) is 6.38. The largest absolute Gasteiger partial charge is 0.309 e. The molecule has 0 amide bonds. The van der Waals surface area contributed by atoms with Gasteiger partial charge in [0.25, 0.3) is 0 Å². The monoisotopic (exact) mass is 184 g/mol. The Labute approximate surface area is 82.7 Å². The van der Waals surface area contributed by atoms with Crippen molar-refractivity contribution in [1.29, 1.82) is 0 Å². The Morgan fingerprint density at radius 2 is 1.77 bits per heavy atom. The molecule has 2 bridgehead atoms. The molecule has 0 aromatic rings. The Morgan fingerprint density at radius 3 is 2.23 bits per heavy atom. The Kier molecular flexibility index (Phi) is 4.74. The molecule has 0 aliphatic carbocycles. The molecular weight excluding hydrogens is 160 g/mol. The molecule has 3 fully saturated rings.